The van der Waals surface area contributed by atoms with Gasteiger partial charge in [0.25, 0.3) is 0 Å². The number of nitrogens with one attached hydrogen (secondary N) is 1. The minimum Gasteiger partial charge on any atom is -0.444 e. The molecule has 50 heavy (non-hydrogen) atoms. The van der Waals surface area contributed by atoms with E-state index < -0.39 is 17.7 Å². The molecule has 1 saturated heterocycles. The smallest absolute Gasteiger partial charge is 0.411 e. The molecular weight excluding hydrogens is 716 g/mol. The van der Waals surface area contributed by atoms with Crippen LogP contribution < -0.4 is 5.32 Å². The predicted octanol–water partition coefficient (Wildman–Crippen LogP) is 7.21. The number of carbonyl (C=O) groups is 2. The molecule has 2 aromatic rings. The van der Waals surface area contributed by atoms with Crippen LogP contribution in [0.15, 0.2) is 106 Å². The Balaban J connectivity index is 1.30. The third kappa shape index (κ3) is 8.40. The summed E-state index contributed by atoms with van der Waals surface area (Å²) < 4.78 is 8.96. The van der Waals surface area contributed by atoms with Crippen molar-refractivity contribution in [3.05, 3.63) is 112 Å². The number of dihydropyridines is 1. The van der Waals surface area contributed by atoms with E-state index in [-0.39, 0.29) is 23.2 Å². The molecule has 2 aliphatic heterocycles. The van der Waals surface area contributed by atoms with E-state index in [1.54, 1.807) is 17.4 Å². The number of hydrogen-bond donors (Lipinski definition) is 1. The van der Waals surface area contributed by atoms with Crippen LogP contribution in [-0.2, 0) is 22.6 Å². The topological polar surface area (TPSA) is 82.9 Å². The highest BCUT2D eigenvalue weighted by molar-refractivity contribution is 9.11. The maximum atomic E-state index is 14.7. The van der Waals surface area contributed by atoms with Gasteiger partial charge >= 0.3 is 6.09 Å². The quantitative estimate of drug-likeness (QED) is 0.306. The Morgan fingerprint density at radius 1 is 1.22 bits per heavy atom. The summed E-state index contributed by atoms with van der Waals surface area (Å²) in [4.78, 5) is 38.2. The van der Waals surface area contributed by atoms with E-state index in [9.17, 15) is 9.59 Å². The lowest BCUT2D eigenvalue weighted by molar-refractivity contribution is -0.139. The summed E-state index contributed by atoms with van der Waals surface area (Å²) >= 11 is 10.3. The first kappa shape index (κ1) is 36.0. The molecule has 266 valence electrons. The van der Waals surface area contributed by atoms with Gasteiger partial charge in [-0.3, -0.25) is 9.69 Å². The Hall–Kier alpha value is -3.76. The molecule has 0 bridgehead atoms. The molecule has 0 saturated carbocycles. The average Bonchev–Trinajstić information content (AvgIpc) is 3.57. The number of carbonyl (C=O) groups excluding carboxylic acids is 2. The van der Waals surface area contributed by atoms with E-state index in [0.29, 0.717) is 39.3 Å². The molecule has 0 radical (unpaired) electrons. The maximum Gasteiger partial charge on any atom is 0.411 e. The second-order valence-electron chi connectivity index (χ2n) is 14.8. The monoisotopic (exact) mass is 762 g/mol. The number of benzene rings is 1. The van der Waals surface area contributed by atoms with Crippen molar-refractivity contribution in [3.8, 4) is 0 Å². The van der Waals surface area contributed by atoms with Gasteiger partial charge in [0.1, 0.15) is 11.6 Å². The van der Waals surface area contributed by atoms with E-state index >= 15 is 0 Å². The number of ether oxygens (including phenoxy) is 1. The minimum atomic E-state index is -0.731. The van der Waals surface area contributed by atoms with Crippen LogP contribution in [0.2, 0.25) is 0 Å². The molecule has 4 atom stereocenters. The number of aromatic nitrogens is 2. The van der Waals surface area contributed by atoms with Crippen molar-refractivity contribution in [3.63, 3.8) is 0 Å². The number of hydrogen-bond acceptors (Lipinski definition) is 6. The van der Waals surface area contributed by atoms with Gasteiger partial charge in [-0.1, -0.05) is 83.0 Å². The van der Waals surface area contributed by atoms with E-state index in [2.05, 4.69) is 68.6 Å². The first-order valence-electron chi connectivity index (χ1n) is 17.5. The average molecular weight is 764 g/mol. The van der Waals surface area contributed by atoms with Crippen LogP contribution in [-0.4, -0.2) is 80.6 Å². The molecular formula is C39H48BrClN6O3. The van der Waals surface area contributed by atoms with Crippen LogP contribution in [0.5, 0.6) is 0 Å². The van der Waals surface area contributed by atoms with Crippen molar-refractivity contribution in [2.75, 3.05) is 32.7 Å². The summed E-state index contributed by atoms with van der Waals surface area (Å²) in [7, 11) is 0. The largest absolute Gasteiger partial charge is 0.444 e. The number of amides is 2. The molecule has 1 aromatic heterocycles. The van der Waals surface area contributed by atoms with Gasteiger partial charge in [0.05, 0.1) is 6.33 Å². The summed E-state index contributed by atoms with van der Waals surface area (Å²) in [6, 6.07) is 9.25. The van der Waals surface area contributed by atoms with Crippen molar-refractivity contribution < 1.29 is 14.3 Å². The zero-order valence-electron chi connectivity index (χ0n) is 29.4. The Morgan fingerprint density at radius 3 is 2.76 bits per heavy atom. The van der Waals surface area contributed by atoms with Crippen molar-refractivity contribution in [2.45, 2.75) is 65.3 Å². The molecule has 2 aliphatic carbocycles. The molecule has 2 amide bonds. The second kappa shape index (κ2) is 15.2. The summed E-state index contributed by atoms with van der Waals surface area (Å²) in [5.74, 6) is 0.222. The first-order valence-corrected chi connectivity index (χ1v) is 18.7. The van der Waals surface area contributed by atoms with Gasteiger partial charge in [0.2, 0.25) is 5.91 Å². The van der Waals surface area contributed by atoms with Gasteiger partial charge in [0.15, 0.2) is 0 Å². The normalized spacial score (nSPS) is 25.3. The SMILES string of the molecule is CC(C)(C)OC(=O)N1CCN(/C=C/[C@@H]2C3=C(C=C(Br)CN3)CCC3C=C(Cl)C=CC32C)CC1C(=O)N(CCn1ccnc1)Cc1ccccc1. The van der Waals surface area contributed by atoms with Gasteiger partial charge in [0, 0.05) is 84.8 Å². The summed E-state index contributed by atoms with van der Waals surface area (Å²) in [5, 5.41) is 4.51. The highest BCUT2D eigenvalue weighted by Crippen LogP contribution is 2.51. The van der Waals surface area contributed by atoms with Crippen LogP contribution in [0, 0.1) is 17.3 Å². The lowest BCUT2D eigenvalue weighted by Crippen LogP contribution is -2.61. The zero-order valence-corrected chi connectivity index (χ0v) is 31.7. The summed E-state index contributed by atoms with van der Waals surface area (Å²) in [6.07, 6.45) is 20.1. The fourth-order valence-electron chi connectivity index (χ4n) is 7.43. The van der Waals surface area contributed by atoms with E-state index in [0.717, 1.165) is 34.5 Å². The van der Waals surface area contributed by atoms with Crippen LogP contribution >= 0.6 is 27.5 Å². The van der Waals surface area contributed by atoms with Crippen LogP contribution in [0.3, 0.4) is 0 Å². The van der Waals surface area contributed by atoms with Crippen LogP contribution in [0.1, 0.15) is 46.1 Å². The number of nitrogens with zero attached hydrogens (tertiary/aromatic N) is 5. The second-order valence-corrected chi connectivity index (χ2v) is 16.3. The van der Waals surface area contributed by atoms with E-state index in [4.69, 9.17) is 16.3 Å². The Bertz CT molecular complexity index is 1700. The van der Waals surface area contributed by atoms with Gasteiger partial charge in [-0.05, 0) is 69.0 Å². The number of piperazine rings is 1. The number of imidazole rings is 1. The molecule has 6 rings (SSSR count). The van der Waals surface area contributed by atoms with Crippen molar-refractivity contribution in [2.24, 2.45) is 17.3 Å². The standard InChI is InChI=1S/C39H48BrClN6O3/c1-38(2,3)50-37(49)47-21-19-44(26-34(47)36(48)46(20-18-45-17-15-42-27-45)25-28-8-6-5-7-9-28)16-13-33-35-29(22-31(40)24-43-35)10-11-30-23-32(41)12-14-39(30,33)4/h5-9,12-17,22-23,27,30,33-34,43H,10-11,18-21,24-26H2,1-4H3/b16-13+/t30?,33-,34?,39?/m1/s1. The number of rotatable bonds is 8. The third-order valence-corrected chi connectivity index (χ3v) is 10.9. The fraction of sp³-hybridized carbons (Fsp3) is 0.462. The van der Waals surface area contributed by atoms with E-state index in [1.165, 1.54) is 11.3 Å². The Kier molecular flexibility index (Phi) is 11.0. The summed E-state index contributed by atoms with van der Waals surface area (Å²) in [6.45, 7) is 11.4. The highest BCUT2D eigenvalue weighted by Gasteiger charge is 2.44. The van der Waals surface area contributed by atoms with E-state index in [1.807, 2.05) is 72.8 Å². The maximum absolute atomic E-state index is 14.7. The molecule has 1 aromatic carbocycles. The predicted molar refractivity (Wildman–Crippen MR) is 201 cm³/mol. The molecule has 11 heteroatoms. The third-order valence-electron chi connectivity index (χ3n) is 10.1. The first-order chi connectivity index (χ1) is 23.9. The molecule has 3 unspecified atom stereocenters. The number of fused-ring (bicyclic) bond motifs is 1. The fourth-order valence-corrected chi connectivity index (χ4v) is 8.06. The molecule has 1 N–H and O–H groups in total. The Morgan fingerprint density at radius 2 is 2.02 bits per heavy atom. The van der Waals surface area contributed by atoms with Gasteiger partial charge in [-0.25, -0.2) is 9.78 Å². The number of halogens is 2. The van der Waals surface area contributed by atoms with Crippen LogP contribution in [0.4, 0.5) is 4.79 Å². The van der Waals surface area contributed by atoms with Crippen molar-refractivity contribution in [1.82, 2.24) is 29.6 Å². The summed E-state index contributed by atoms with van der Waals surface area (Å²) in [5.41, 5.74) is 2.69. The van der Waals surface area contributed by atoms with Gasteiger partial charge < -0.3 is 24.4 Å². The molecule has 3 heterocycles. The molecule has 9 nitrogen and oxygen atoms in total. The lowest BCUT2D eigenvalue weighted by Gasteiger charge is -2.43. The van der Waals surface area contributed by atoms with Gasteiger partial charge in [-0.15, -0.1) is 0 Å². The molecule has 0 spiro atoms. The highest BCUT2D eigenvalue weighted by atomic mass is 79.9. The minimum absolute atomic E-state index is 0.0573. The number of allylic oxidation sites excluding steroid dienone is 7. The van der Waals surface area contributed by atoms with Crippen molar-refractivity contribution >= 4 is 39.5 Å². The van der Waals surface area contributed by atoms with Crippen molar-refractivity contribution in [1.29, 1.82) is 0 Å². The Labute approximate surface area is 309 Å². The molecule has 1 fully saturated rings. The van der Waals surface area contributed by atoms with Gasteiger partial charge in [-0.2, -0.15) is 0 Å². The molecule has 4 aliphatic rings. The van der Waals surface area contributed by atoms with Crippen LogP contribution in [0.25, 0.3) is 0 Å². The lowest BCUT2D eigenvalue weighted by atomic mass is 9.64. The zero-order chi connectivity index (χ0) is 35.5.